The highest BCUT2D eigenvalue weighted by Gasteiger charge is 2.30. The van der Waals surface area contributed by atoms with Crippen molar-refractivity contribution in [2.45, 2.75) is 19.6 Å². The lowest BCUT2D eigenvalue weighted by atomic mass is 10.1. The first-order chi connectivity index (χ1) is 15.7. The molecule has 0 spiro atoms. The summed E-state index contributed by atoms with van der Waals surface area (Å²) in [6.07, 6.45) is 0.406. The van der Waals surface area contributed by atoms with Crippen LogP contribution in [0, 0.1) is 6.92 Å². The van der Waals surface area contributed by atoms with Crippen molar-refractivity contribution >= 4 is 17.6 Å². The normalized spacial score (nSPS) is 11.4. The molecular weight excluding hydrogens is 439 g/mol. The Balaban J connectivity index is 1.37. The largest absolute Gasteiger partial charge is 0.416 e. The number of carbonyl (C=O) groups excluding carboxylic acids is 1. The van der Waals surface area contributed by atoms with Crippen LogP contribution >= 0.6 is 0 Å². The van der Waals surface area contributed by atoms with Gasteiger partial charge in [0, 0.05) is 24.5 Å². The van der Waals surface area contributed by atoms with Gasteiger partial charge in [0.2, 0.25) is 11.8 Å². The molecule has 0 aliphatic carbocycles. The van der Waals surface area contributed by atoms with Crippen LogP contribution in [0.4, 0.5) is 29.5 Å². The number of anilines is 2. The van der Waals surface area contributed by atoms with E-state index in [1.165, 1.54) is 23.0 Å². The highest BCUT2D eigenvalue weighted by molar-refractivity contribution is 5.98. The van der Waals surface area contributed by atoms with Gasteiger partial charge in [0.15, 0.2) is 0 Å². The average Bonchev–Trinajstić information content (AvgIpc) is 3.33. The minimum Gasteiger partial charge on any atom is -0.333 e. The maximum atomic E-state index is 12.8. The molecule has 12 heteroatoms. The standard InChI is InChI=1S/C21H18F3N7O2/c1-13-19(30(2)12-26-13)14-6-7-17(25-9-14)10-31-11-18(33-29-31)28-20(32)27-16-5-3-4-15(8-16)21(22,23)24/h3-9,11-12H,10H2,1-2H3,(H-,27,28,29,32)/p+1. The third-order valence-corrected chi connectivity index (χ3v) is 4.74. The third kappa shape index (κ3) is 5.17. The SMILES string of the molecule is Cc1ncn(C)c1-c1ccc(C[n+]2cc(NC(=O)Nc3cccc(C(F)(F)F)c3)on2)nc1. The summed E-state index contributed by atoms with van der Waals surface area (Å²) < 4.78 is 46.8. The number of aromatic nitrogens is 5. The summed E-state index contributed by atoms with van der Waals surface area (Å²) >= 11 is 0. The summed E-state index contributed by atoms with van der Waals surface area (Å²) in [5.41, 5.74) is 2.63. The molecule has 0 aliphatic heterocycles. The molecular formula is C21H19F3N7O2+. The second-order valence-electron chi connectivity index (χ2n) is 7.25. The zero-order chi connectivity index (χ0) is 23.6. The van der Waals surface area contributed by atoms with Gasteiger partial charge in [-0.2, -0.15) is 13.2 Å². The molecule has 4 rings (SSSR count). The van der Waals surface area contributed by atoms with E-state index in [4.69, 9.17) is 4.52 Å². The van der Waals surface area contributed by atoms with Crippen molar-refractivity contribution in [2.75, 3.05) is 10.6 Å². The summed E-state index contributed by atoms with van der Waals surface area (Å²) in [6, 6.07) is 7.30. The first-order valence-electron chi connectivity index (χ1n) is 9.74. The summed E-state index contributed by atoms with van der Waals surface area (Å²) in [6.45, 7) is 2.21. The third-order valence-electron chi connectivity index (χ3n) is 4.74. The van der Waals surface area contributed by atoms with Gasteiger partial charge in [-0.3, -0.25) is 14.8 Å². The monoisotopic (exact) mass is 458 g/mol. The molecule has 0 atom stereocenters. The lowest BCUT2D eigenvalue weighted by molar-refractivity contribution is -0.755. The number of imidazole rings is 1. The highest BCUT2D eigenvalue weighted by Crippen LogP contribution is 2.30. The Labute approximate surface area is 185 Å². The first kappa shape index (κ1) is 22.0. The Morgan fingerprint density at radius 3 is 2.67 bits per heavy atom. The van der Waals surface area contributed by atoms with E-state index < -0.39 is 17.8 Å². The smallest absolute Gasteiger partial charge is 0.333 e. The number of rotatable bonds is 5. The maximum absolute atomic E-state index is 12.8. The molecule has 2 N–H and O–H groups in total. The van der Waals surface area contributed by atoms with Crippen LogP contribution in [0.1, 0.15) is 17.0 Å². The zero-order valence-corrected chi connectivity index (χ0v) is 17.6. The number of amides is 2. The Kier molecular flexibility index (Phi) is 5.82. The lowest BCUT2D eigenvalue weighted by Crippen LogP contribution is -2.35. The van der Waals surface area contributed by atoms with Gasteiger partial charge in [0.1, 0.15) is 5.69 Å². The van der Waals surface area contributed by atoms with E-state index in [1.54, 1.807) is 12.5 Å². The van der Waals surface area contributed by atoms with Crippen LogP contribution in [0.5, 0.6) is 0 Å². The second kappa shape index (κ2) is 8.73. The predicted molar refractivity (Wildman–Crippen MR) is 111 cm³/mol. The number of nitrogens with one attached hydrogen (secondary N) is 2. The van der Waals surface area contributed by atoms with E-state index in [0.29, 0.717) is 5.69 Å². The molecule has 9 nitrogen and oxygen atoms in total. The number of aryl methyl sites for hydroxylation is 2. The van der Waals surface area contributed by atoms with Crippen molar-refractivity contribution in [2.24, 2.45) is 7.05 Å². The number of halogens is 3. The summed E-state index contributed by atoms with van der Waals surface area (Å²) in [4.78, 5) is 20.8. The number of pyridine rings is 1. The van der Waals surface area contributed by atoms with E-state index in [9.17, 15) is 18.0 Å². The predicted octanol–water partition coefficient (Wildman–Crippen LogP) is 3.78. The molecule has 3 heterocycles. The van der Waals surface area contributed by atoms with Crippen molar-refractivity contribution in [1.29, 1.82) is 0 Å². The van der Waals surface area contributed by atoms with Crippen molar-refractivity contribution < 1.29 is 27.2 Å². The number of nitrogens with zero attached hydrogens (tertiary/aromatic N) is 5. The van der Waals surface area contributed by atoms with Gasteiger partial charge in [-0.05, 0) is 41.9 Å². The van der Waals surface area contributed by atoms with E-state index in [2.05, 4.69) is 25.9 Å². The number of hydrogen-bond donors (Lipinski definition) is 2. The topological polar surface area (TPSA) is 102 Å². The van der Waals surface area contributed by atoms with Crippen molar-refractivity contribution in [1.82, 2.24) is 19.8 Å². The van der Waals surface area contributed by atoms with Crippen molar-refractivity contribution in [3.05, 3.63) is 72.1 Å². The molecule has 4 aromatic rings. The van der Waals surface area contributed by atoms with Crippen LogP contribution in [0.15, 0.2) is 59.6 Å². The highest BCUT2D eigenvalue weighted by atomic mass is 19.4. The molecule has 1 aromatic carbocycles. The van der Waals surface area contributed by atoms with E-state index in [1.807, 2.05) is 30.7 Å². The summed E-state index contributed by atoms with van der Waals surface area (Å²) in [5, 5.41) is 8.52. The van der Waals surface area contributed by atoms with E-state index in [0.717, 1.165) is 29.1 Å². The molecule has 0 unspecified atom stereocenters. The molecule has 3 aromatic heterocycles. The number of urea groups is 1. The number of carbonyl (C=O) groups is 1. The molecule has 0 aliphatic rings. The van der Waals surface area contributed by atoms with Crippen LogP contribution in [0.2, 0.25) is 0 Å². The Morgan fingerprint density at radius 2 is 2.00 bits per heavy atom. The average molecular weight is 458 g/mol. The van der Waals surface area contributed by atoms with Gasteiger partial charge in [-0.25, -0.2) is 9.78 Å². The van der Waals surface area contributed by atoms with Crippen molar-refractivity contribution in [3.63, 3.8) is 0 Å². The second-order valence-corrected chi connectivity index (χ2v) is 7.25. The van der Waals surface area contributed by atoms with Crippen LogP contribution < -0.4 is 15.3 Å². The lowest BCUT2D eigenvalue weighted by Gasteiger charge is -2.09. The quantitative estimate of drug-likeness (QED) is 0.443. The fourth-order valence-electron chi connectivity index (χ4n) is 3.24. The molecule has 0 radical (unpaired) electrons. The number of alkyl halides is 3. The molecule has 170 valence electrons. The number of benzene rings is 1. The van der Waals surface area contributed by atoms with Gasteiger partial charge in [-0.1, -0.05) is 6.07 Å². The minimum absolute atomic E-state index is 0.0114. The Bertz CT molecular complexity index is 1260. The summed E-state index contributed by atoms with van der Waals surface area (Å²) in [7, 11) is 1.91. The van der Waals surface area contributed by atoms with E-state index in [-0.39, 0.29) is 18.1 Å². The molecule has 0 saturated heterocycles. The van der Waals surface area contributed by atoms with Crippen LogP contribution in [-0.4, -0.2) is 25.8 Å². The fourth-order valence-corrected chi connectivity index (χ4v) is 3.24. The molecule has 0 fully saturated rings. The Hall–Kier alpha value is -4.22. The van der Waals surface area contributed by atoms with Crippen LogP contribution in [0.3, 0.4) is 0 Å². The van der Waals surface area contributed by atoms with Gasteiger partial charge in [0.05, 0.1) is 23.3 Å². The van der Waals surface area contributed by atoms with Gasteiger partial charge < -0.3 is 9.88 Å². The molecule has 33 heavy (non-hydrogen) atoms. The fraction of sp³-hybridized carbons (Fsp3) is 0.190. The van der Waals surface area contributed by atoms with Crippen molar-refractivity contribution in [3.8, 4) is 11.3 Å². The minimum atomic E-state index is -4.51. The summed E-state index contributed by atoms with van der Waals surface area (Å²) in [5.74, 6) is 0.0154. The zero-order valence-electron chi connectivity index (χ0n) is 17.6. The van der Waals surface area contributed by atoms with E-state index >= 15 is 0 Å². The van der Waals surface area contributed by atoms with Gasteiger partial charge in [-0.15, -0.1) is 0 Å². The van der Waals surface area contributed by atoms with Crippen LogP contribution in [-0.2, 0) is 19.8 Å². The Morgan fingerprint density at radius 1 is 1.18 bits per heavy atom. The first-order valence-corrected chi connectivity index (χ1v) is 9.74. The van der Waals surface area contributed by atoms with Gasteiger partial charge >= 0.3 is 18.1 Å². The molecule has 0 saturated carbocycles. The molecule has 0 bridgehead atoms. The number of hydrogen-bond acceptors (Lipinski definition) is 5. The maximum Gasteiger partial charge on any atom is 0.416 e. The van der Waals surface area contributed by atoms with Gasteiger partial charge in [0.25, 0.3) is 6.20 Å². The molecule has 2 amide bonds. The van der Waals surface area contributed by atoms with Crippen LogP contribution in [0.25, 0.3) is 11.3 Å².